The Kier molecular flexibility index (Phi) is 2.83. The van der Waals surface area contributed by atoms with Gasteiger partial charge in [-0.05, 0) is 30.7 Å². The first kappa shape index (κ1) is 11.6. The summed E-state index contributed by atoms with van der Waals surface area (Å²) in [7, 11) is 0. The molecule has 0 N–H and O–H groups in total. The largest absolute Gasteiger partial charge is 0.272 e. The molecule has 1 amide bonds. The highest BCUT2D eigenvalue weighted by molar-refractivity contribution is 6.19. The van der Waals surface area contributed by atoms with Crippen LogP contribution >= 0.6 is 0 Å². The number of aryl methyl sites for hydroxylation is 1. The summed E-state index contributed by atoms with van der Waals surface area (Å²) in [5.41, 5.74) is 3.53. The Hall–Kier alpha value is -2.49. The van der Waals surface area contributed by atoms with Crippen molar-refractivity contribution in [2.45, 2.75) is 13.3 Å². The molecule has 0 saturated carbocycles. The Bertz CT molecular complexity index is 649. The van der Waals surface area contributed by atoms with Crippen LogP contribution in [0.15, 0.2) is 53.9 Å². The minimum absolute atomic E-state index is 0.00634. The van der Waals surface area contributed by atoms with Crippen molar-refractivity contribution in [3.05, 3.63) is 59.9 Å². The van der Waals surface area contributed by atoms with E-state index in [1.165, 1.54) is 5.01 Å². The Morgan fingerprint density at radius 1 is 1.16 bits per heavy atom. The lowest BCUT2D eigenvalue weighted by Crippen LogP contribution is -2.20. The van der Waals surface area contributed by atoms with Crippen LogP contribution in [0.25, 0.3) is 0 Å². The van der Waals surface area contributed by atoms with Gasteiger partial charge in [-0.15, -0.1) is 0 Å². The first-order chi connectivity index (χ1) is 9.25. The summed E-state index contributed by atoms with van der Waals surface area (Å²) >= 11 is 0. The number of hydrogen-bond donors (Lipinski definition) is 0. The van der Waals surface area contributed by atoms with E-state index in [9.17, 15) is 4.79 Å². The molecule has 1 aromatic carbocycles. The number of hydrogen-bond acceptors (Lipinski definition) is 3. The summed E-state index contributed by atoms with van der Waals surface area (Å²) in [6.45, 7) is 1.97. The van der Waals surface area contributed by atoms with Crippen molar-refractivity contribution < 1.29 is 4.79 Å². The third-order valence-corrected chi connectivity index (χ3v) is 3.11. The van der Waals surface area contributed by atoms with Gasteiger partial charge in [0, 0.05) is 18.0 Å². The van der Waals surface area contributed by atoms with Crippen molar-refractivity contribution in [3.63, 3.8) is 0 Å². The number of nitrogens with zero attached hydrogens (tertiary/aromatic N) is 3. The standard InChI is InChI=1S/C15H13N3O/c1-11-5-2-3-7-14(11)18-15(19)9-13(17-18)12-6-4-8-16-10-12/h2-8,10H,9H2,1H3. The highest BCUT2D eigenvalue weighted by atomic mass is 16.2. The lowest BCUT2D eigenvalue weighted by atomic mass is 10.1. The summed E-state index contributed by atoms with van der Waals surface area (Å²) in [5.74, 6) is -0.00634. The van der Waals surface area contributed by atoms with Crippen LogP contribution in [0.4, 0.5) is 5.69 Å². The molecule has 19 heavy (non-hydrogen) atoms. The molecule has 0 atom stereocenters. The number of anilines is 1. The molecule has 0 spiro atoms. The summed E-state index contributed by atoms with van der Waals surface area (Å²) in [6.07, 6.45) is 3.76. The van der Waals surface area contributed by atoms with Crippen LogP contribution in [0.3, 0.4) is 0 Å². The number of para-hydroxylation sites is 1. The molecule has 1 aliphatic rings. The molecule has 4 heteroatoms. The second kappa shape index (κ2) is 4.65. The minimum Gasteiger partial charge on any atom is -0.272 e. The molecule has 2 aromatic rings. The molecule has 3 rings (SSSR count). The van der Waals surface area contributed by atoms with Crippen LogP contribution in [0.2, 0.25) is 0 Å². The molecular formula is C15H13N3O. The lowest BCUT2D eigenvalue weighted by molar-refractivity contribution is -0.116. The first-order valence-electron chi connectivity index (χ1n) is 6.12. The van der Waals surface area contributed by atoms with E-state index in [0.717, 1.165) is 22.5 Å². The highest BCUT2D eigenvalue weighted by Gasteiger charge is 2.26. The average molecular weight is 251 g/mol. The molecule has 1 aliphatic heterocycles. The van der Waals surface area contributed by atoms with Gasteiger partial charge in [-0.1, -0.05) is 18.2 Å². The number of rotatable bonds is 2. The first-order valence-corrected chi connectivity index (χ1v) is 6.12. The fourth-order valence-corrected chi connectivity index (χ4v) is 2.11. The molecule has 0 fully saturated rings. The molecule has 0 radical (unpaired) electrons. The van der Waals surface area contributed by atoms with Crippen molar-refractivity contribution in [2.24, 2.45) is 5.10 Å². The lowest BCUT2D eigenvalue weighted by Gasteiger charge is -2.13. The number of benzene rings is 1. The van der Waals surface area contributed by atoms with E-state index in [1.54, 1.807) is 12.4 Å². The topological polar surface area (TPSA) is 45.6 Å². The van der Waals surface area contributed by atoms with Crippen LogP contribution in [0.1, 0.15) is 17.5 Å². The maximum Gasteiger partial charge on any atom is 0.253 e. The van der Waals surface area contributed by atoms with E-state index in [0.29, 0.717) is 6.42 Å². The summed E-state index contributed by atoms with van der Waals surface area (Å²) < 4.78 is 0. The van der Waals surface area contributed by atoms with Crippen LogP contribution in [-0.4, -0.2) is 16.6 Å². The van der Waals surface area contributed by atoms with Crippen molar-refractivity contribution in [1.29, 1.82) is 0 Å². The maximum atomic E-state index is 12.1. The van der Waals surface area contributed by atoms with E-state index in [4.69, 9.17) is 0 Å². The quantitative estimate of drug-likeness (QED) is 0.823. The third-order valence-electron chi connectivity index (χ3n) is 3.11. The van der Waals surface area contributed by atoms with Gasteiger partial charge in [0.25, 0.3) is 5.91 Å². The molecule has 1 aromatic heterocycles. The predicted molar refractivity (Wildman–Crippen MR) is 74.1 cm³/mol. The van der Waals surface area contributed by atoms with Crippen molar-refractivity contribution in [3.8, 4) is 0 Å². The van der Waals surface area contributed by atoms with Crippen LogP contribution in [0, 0.1) is 6.92 Å². The Balaban J connectivity index is 1.99. The van der Waals surface area contributed by atoms with Gasteiger partial charge in [0.1, 0.15) is 0 Å². The van der Waals surface area contributed by atoms with Gasteiger partial charge in [-0.3, -0.25) is 9.78 Å². The number of carbonyl (C=O) groups excluding carboxylic acids is 1. The zero-order valence-corrected chi connectivity index (χ0v) is 10.6. The maximum absolute atomic E-state index is 12.1. The molecule has 2 heterocycles. The van der Waals surface area contributed by atoms with Gasteiger partial charge in [0.2, 0.25) is 0 Å². The minimum atomic E-state index is -0.00634. The Morgan fingerprint density at radius 3 is 2.74 bits per heavy atom. The fraction of sp³-hybridized carbons (Fsp3) is 0.133. The second-order valence-electron chi connectivity index (χ2n) is 4.46. The number of hydrazone groups is 1. The van der Waals surface area contributed by atoms with E-state index in [-0.39, 0.29) is 5.91 Å². The number of amides is 1. The summed E-state index contributed by atoms with van der Waals surface area (Å²) in [6, 6.07) is 11.5. The van der Waals surface area contributed by atoms with E-state index >= 15 is 0 Å². The summed E-state index contributed by atoms with van der Waals surface area (Å²) in [5, 5.41) is 5.91. The van der Waals surface area contributed by atoms with Gasteiger partial charge in [0.15, 0.2) is 0 Å². The second-order valence-corrected chi connectivity index (χ2v) is 4.46. The summed E-state index contributed by atoms with van der Waals surface area (Å²) in [4.78, 5) is 16.2. The van der Waals surface area contributed by atoms with Gasteiger partial charge in [-0.2, -0.15) is 10.1 Å². The number of carbonyl (C=O) groups is 1. The van der Waals surface area contributed by atoms with Crippen molar-refractivity contribution in [1.82, 2.24) is 4.98 Å². The molecule has 0 aliphatic carbocycles. The van der Waals surface area contributed by atoms with Gasteiger partial charge < -0.3 is 0 Å². The Morgan fingerprint density at radius 2 is 2.00 bits per heavy atom. The molecule has 0 saturated heterocycles. The van der Waals surface area contributed by atoms with E-state index in [1.807, 2.05) is 43.3 Å². The smallest absolute Gasteiger partial charge is 0.253 e. The zero-order chi connectivity index (χ0) is 13.2. The van der Waals surface area contributed by atoms with Gasteiger partial charge in [0.05, 0.1) is 17.8 Å². The third kappa shape index (κ3) is 2.12. The van der Waals surface area contributed by atoms with E-state index in [2.05, 4.69) is 10.1 Å². The van der Waals surface area contributed by atoms with Gasteiger partial charge in [-0.25, -0.2) is 0 Å². The molecule has 0 unspecified atom stereocenters. The number of aromatic nitrogens is 1. The van der Waals surface area contributed by atoms with Crippen LogP contribution < -0.4 is 5.01 Å². The van der Waals surface area contributed by atoms with Crippen LogP contribution in [0.5, 0.6) is 0 Å². The SMILES string of the molecule is Cc1ccccc1N1N=C(c2cccnc2)CC1=O. The molecular weight excluding hydrogens is 238 g/mol. The van der Waals surface area contributed by atoms with E-state index < -0.39 is 0 Å². The molecule has 4 nitrogen and oxygen atoms in total. The zero-order valence-electron chi connectivity index (χ0n) is 10.6. The monoisotopic (exact) mass is 251 g/mol. The predicted octanol–water partition coefficient (Wildman–Crippen LogP) is 2.53. The molecule has 94 valence electrons. The number of pyridine rings is 1. The normalized spacial score (nSPS) is 14.7. The van der Waals surface area contributed by atoms with Crippen LogP contribution in [-0.2, 0) is 4.79 Å². The van der Waals surface area contributed by atoms with Crippen molar-refractivity contribution in [2.75, 3.05) is 5.01 Å². The van der Waals surface area contributed by atoms with Crippen molar-refractivity contribution >= 4 is 17.3 Å². The highest BCUT2D eigenvalue weighted by Crippen LogP contribution is 2.25. The fourth-order valence-electron chi connectivity index (χ4n) is 2.11. The Labute approximate surface area is 111 Å². The van der Waals surface area contributed by atoms with Gasteiger partial charge >= 0.3 is 0 Å². The molecule has 0 bridgehead atoms. The average Bonchev–Trinajstić information content (AvgIpc) is 2.82.